The van der Waals surface area contributed by atoms with Crippen molar-refractivity contribution >= 4 is 16.9 Å². The molecule has 1 heterocycles. The van der Waals surface area contributed by atoms with E-state index in [0.29, 0.717) is 12.5 Å². The Morgan fingerprint density at radius 1 is 1.37 bits per heavy atom. The summed E-state index contributed by atoms with van der Waals surface area (Å²) in [6, 6.07) is 7.87. The molecule has 0 radical (unpaired) electrons. The van der Waals surface area contributed by atoms with Gasteiger partial charge in [-0.1, -0.05) is 18.2 Å². The zero-order valence-corrected chi connectivity index (χ0v) is 10.7. The van der Waals surface area contributed by atoms with E-state index in [9.17, 15) is 4.79 Å². The Labute approximate surface area is 111 Å². The van der Waals surface area contributed by atoms with Crippen LogP contribution < -0.4 is 0 Å². The van der Waals surface area contributed by atoms with Gasteiger partial charge in [-0.15, -0.1) is 0 Å². The van der Waals surface area contributed by atoms with Crippen LogP contribution in [0, 0.1) is 5.92 Å². The number of hydrogen-bond donors (Lipinski definition) is 1. The van der Waals surface area contributed by atoms with E-state index in [1.807, 2.05) is 29.2 Å². The molecule has 2 aromatic rings. The van der Waals surface area contributed by atoms with E-state index < -0.39 is 5.97 Å². The number of para-hydroxylation sites is 1. The molecule has 4 nitrogen and oxygen atoms in total. The van der Waals surface area contributed by atoms with Crippen molar-refractivity contribution in [1.29, 1.82) is 0 Å². The molecule has 0 saturated heterocycles. The first-order valence-electron chi connectivity index (χ1n) is 6.61. The molecule has 1 N–H and O–H groups in total. The molecule has 0 unspecified atom stereocenters. The Morgan fingerprint density at radius 3 is 2.89 bits per heavy atom. The third-order valence-electron chi connectivity index (χ3n) is 3.53. The van der Waals surface area contributed by atoms with Gasteiger partial charge in [0.2, 0.25) is 0 Å². The topological polar surface area (TPSA) is 53.7 Å². The molecular weight excluding hydrogens is 242 g/mol. The molecule has 1 saturated carbocycles. The Hall–Kier alpha value is -1.81. The van der Waals surface area contributed by atoms with Crippen LogP contribution in [0.15, 0.2) is 34.9 Å². The highest BCUT2D eigenvalue weighted by Crippen LogP contribution is 2.30. The van der Waals surface area contributed by atoms with Crippen LogP contribution in [-0.2, 0) is 11.3 Å². The van der Waals surface area contributed by atoms with Crippen molar-refractivity contribution in [1.82, 2.24) is 4.90 Å². The largest absolute Gasteiger partial charge is 0.480 e. The molecule has 1 aliphatic rings. The minimum absolute atomic E-state index is 0.0933. The summed E-state index contributed by atoms with van der Waals surface area (Å²) in [7, 11) is 0. The Morgan fingerprint density at radius 2 is 2.16 bits per heavy atom. The number of nitrogens with zero attached hydrogens (tertiary/aromatic N) is 1. The Kier molecular flexibility index (Phi) is 3.25. The van der Waals surface area contributed by atoms with Gasteiger partial charge in [-0.25, -0.2) is 0 Å². The quantitative estimate of drug-likeness (QED) is 0.866. The molecule has 3 rings (SSSR count). The molecule has 1 fully saturated rings. The van der Waals surface area contributed by atoms with E-state index in [1.54, 1.807) is 6.26 Å². The molecule has 19 heavy (non-hydrogen) atoms. The second-order valence-corrected chi connectivity index (χ2v) is 5.26. The summed E-state index contributed by atoms with van der Waals surface area (Å²) >= 11 is 0. The summed E-state index contributed by atoms with van der Waals surface area (Å²) < 4.78 is 5.50. The van der Waals surface area contributed by atoms with Crippen LogP contribution in [0.25, 0.3) is 11.0 Å². The van der Waals surface area contributed by atoms with Crippen LogP contribution in [0.5, 0.6) is 0 Å². The molecule has 1 aromatic carbocycles. The van der Waals surface area contributed by atoms with Crippen LogP contribution in [0.1, 0.15) is 18.4 Å². The summed E-state index contributed by atoms with van der Waals surface area (Å²) in [5.41, 5.74) is 1.93. The maximum atomic E-state index is 10.9. The third-order valence-corrected chi connectivity index (χ3v) is 3.53. The molecule has 0 atom stereocenters. The van der Waals surface area contributed by atoms with Gasteiger partial charge in [0.25, 0.3) is 0 Å². The first kappa shape index (κ1) is 12.2. The van der Waals surface area contributed by atoms with Gasteiger partial charge >= 0.3 is 5.97 Å². The van der Waals surface area contributed by atoms with Crippen LogP contribution in [0.4, 0.5) is 0 Å². The first-order valence-corrected chi connectivity index (χ1v) is 6.61. The normalized spacial score (nSPS) is 15.2. The Balaban J connectivity index is 1.77. The Bertz CT molecular complexity index is 586. The summed E-state index contributed by atoms with van der Waals surface area (Å²) in [5.74, 6) is -0.0917. The number of benzene rings is 1. The summed E-state index contributed by atoms with van der Waals surface area (Å²) in [6.07, 6.45) is 4.19. The van der Waals surface area contributed by atoms with Gasteiger partial charge in [0.05, 0.1) is 12.8 Å². The van der Waals surface area contributed by atoms with E-state index in [1.165, 1.54) is 12.8 Å². The average Bonchev–Trinajstić information content (AvgIpc) is 3.09. The lowest BCUT2D eigenvalue weighted by Crippen LogP contribution is -2.31. The van der Waals surface area contributed by atoms with E-state index >= 15 is 0 Å². The molecule has 0 amide bonds. The fourth-order valence-electron chi connectivity index (χ4n) is 2.44. The predicted molar refractivity (Wildman–Crippen MR) is 71.9 cm³/mol. The van der Waals surface area contributed by atoms with Crippen molar-refractivity contribution in [2.45, 2.75) is 19.4 Å². The zero-order valence-electron chi connectivity index (χ0n) is 10.7. The lowest BCUT2D eigenvalue weighted by atomic mass is 10.1. The van der Waals surface area contributed by atoms with E-state index in [2.05, 4.69) is 0 Å². The number of carboxylic acid groups (broad SMARTS) is 1. The third kappa shape index (κ3) is 2.96. The predicted octanol–water partition coefficient (Wildman–Crippen LogP) is 2.73. The maximum absolute atomic E-state index is 10.9. The lowest BCUT2D eigenvalue weighted by Gasteiger charge is -2.19. The van der Waals surface area contributed by atoms with Crippen LogP contribution >= 0.6 is 0 Å². The van der Waals surface area contributed by atoms with Crippen molar-refractivity contribution < 1.29 is 14.3 Å². The summed E-state index contributed by atoms with van der Waals surface area (Å²) in [5, 5.41) is 10.1. The van der Waals surface area contributed by atoms with Crippen LogP contribution in [-0.4, -0.2) is 29.1 Å². The minimum Gasteiger partial charge on any atom is -0.480 e. The number of fused-ring (bicyclic) bond motifs is 1. The second-order valence-electron chi connectivity index (χ2n) is 5.26. The highest BCUT2D eigenvalue weighted by Gasteiger charge is 2.25. The maximum Gasteiger partial charge on any atom is 0.317 e. The van der Waals surface area contributed by atoms with Crippen molar-refractivity contribution in [3.05, 3.63) is 36.1 Å². The molecule has 4 heteroatoms. The zero-order chi connectivity index (χ0) is 13.2. The molecule has 100 valence electrons. The minimum atomic E-state index is -0.770. The van der Waals surface area contributed by atoms with Crippen LogP contribution in [0.2, 0.25) is 0 Å². The van der Waals surface area contributed by atoms with Crippen LogP contribution in [0.3, 0.4) is 0 Å². The van der Waals surface area contributed by atoms with E-state index in [0.717, 1.165) is 23.1 Å². The van der Waals surface area contributed by atoms with Gasteiger partial charge in [0.1, 0.15) is 5.58 Å². The van der Waals surface area contributed by atoms with E-state index in [-0.39, 0.29) is 6.54 Å². The van der Waals surface area contributed by atoms with Gasteiger partial charge in [0, 0.05) is 24.0 Å². The summed E-state index contributed by atoms with van der Waals surface area (Å²) in [6.45, 7) is 1.60. The molecule has 1 aromatic heterocycles. The fourth-order valence-corrected chi connectivity index (χ4v) is 2.44. The number of carboxylic acids is 1. The van der Waals surface area contributed by atoms with Crippen molar-refractivity contribution in [2.75, 3.05) is 13.1 Å². The fraction of sp³-hybridized carbons (Fsp3) is 0.400. The van der Waals surface area contributed by atoms with Gasteiger partial charge in [-0.3, -0.25) is 9.69 Å². The SMILES string of the molecule is O=C(O)CN(Cc1coc2ccccc12)CC1CC1. The number of rotatable bonds is 6. The molecule has 0 aliphatic heterocycles. The second kappa shape index (κ2) is 5.05. The highest BCUT2D eigenvalue weighted by molar-refractivity contribution is 5.80. The van der Waals surface area contributed by atoms with Crippen molar-refractivity contribution in [2.24, 2.45) is 5.92 Å². The lowest BCUT2D eigenvalue weighted by molar-refractivity contribution is -0.138. The number of carbonyl (C=O) groups is 1. The highest BCUT2D eigenvalue weighted by atomic mass is 16.4. The average molecular weight is 259 g/mol. The monoisotopic (exact) mass is 259 g/mol. The van der Waals surface area contributed by atoms with Crippen molar-refractivity contribution in [3.63, 3.8) is 0 Å². The van der Waals surface area contributed by atoms with Crippen molar-refractivity contribution in [3.8, 4) is 0 Å². The number of furan rings is 1. The first-order chi connectivity index (χ1) is 9.22. The van der Waals surface area contributed by atoms with Gasteiger partial charge in [0.15, 0.2) is 0 Å². The number of aliphatic carboxylic acids is 1. The smallest absolute Gasteiger partial charge is 0.317 e. The molecule has 0 spiro atoms. The molecule has 1 aliphatic carbocycles. The molecule has 0 bridgehead atoms. The van der Waals surface area contributed by atoms with Gasteiger partial charge < -0.3 is 9.52 Å². The van der Waals surface area contributed by atoms with E-state index in [4.69, 9.17) is 9.52 Å². The standard InChI is InChI=1S/C15H17NO3/c17-15(18)9-16(7-11-5-6-11)8-12-10-19-14-4-2-1-3-13(12)14/h1-4,10-11H,5-9H2,(H,17,18). The molecular formula is C15H17NO3. The van der Waals surface area contributed by atoms with Gasteiger partial charge in [-0.2, -0.15) is 0 Å². The number of hydrogen-bond acceptors (Lipinski definition) is 3. The summed E-state index contributed by atoms with van der Waals surface area (Å²) in [4.78, 5) is 12.9. The van der Waals surface area contributed by atoms with Gasteiger partial charge in [-0.05, 0) is 24.8 Å².